The van der Waals surface area contributed by atoms with Crippen LogP contribution in [0.15, 0.2) is 0 Å². The van der Waals surface area contributed by atoms with E-state index in [1.165, 1.54) is 39.0 Å². The Morgan fingerprint density at radius 2 is 1.71 bits per heavy atom. The second-order valence-corrected chi connectivity index (χ2v) is 6.19. The van der Waals surface area contributed by atoms with Gasteiger partial charge >= 0.3 is 0 Å². The molecule has 1 fully saturated rings. The van der Waals surface area contributed by atoms with Crippen LogP contribution >= 0.6 is 0 Å². The fourth-order valence-corrected chi connectivity index (χ4v) is 2.74. The van der Waals surface area contributed by atoms with E-state index in [0.29, 0.717) is 5.54 Å². The van der Waals surface area contributed by atoms with Crippen molar-refractivity contribution in [2.45, 2.75) is 52.1 Å². The zero-order chi connectivity index (χ0) is 12.9. The Kier molecular flexibility index (Phi) is 5.90. The average molecular weight is 241 g/mol. The molecule has 1 aliphatic heterocycles. The lowest BCUT2D eigenvalue weighted by atomic mass is 10.0. The maximum Gasteiger partial charge on any atom is 0.0221 e. The van der Waals surface area contributed by atoms with Gasteiger partial charge in [0.25, 0.3) is 0 Å². The Morgan fingerprint density at radius 3 is 2.12 bits per heavy atom. The third kappa shape index (κ3) is 4.57. The number of hydrogen-bond acceptors (Lipinski definition) is 3. The van der Waals surface area contributed by atoms with Crippen LogP contribution in [-0.4, -0.2) is 61.2 Å². The van der Waals surface area contributed by atoms with Crippen LogP contribution in [0, 0.1) is 0 Å². The number of hydrogen-bond donors (Lipinski definition) is 1. The normalized spacial score (nSPS) is 21.7. The highest BCUT2D eigenvalue weighted by Gasteiger charge is 2.28. The molecule has 1 unspecified atom stereocenters. The summed E-state index contributed by atoms with van der Waals surface area (Å²) >= 11 is 0. The molecule has 1 saturated heterocycles. The van der Waals surface area contributed by atoms with Gasteiger partial charge in [-0.15, -0.1) is 0 Å². The summed E-state index contributed by atoms with van der Waals surface area (Å²) in [6, 6.07) is 0.729. The van der Waals surface area contributed by atoms with Crippen LogP contribution in [0.2, 0.25) is 0 Å². The number of likely N-dealkylation sites (N-methyl/N-ethyl adjacent to an activating group) is 1. The lowest BCUT2D eigenvalue weighted by molar-refractivity contribution is 0.0402. The molecule has 1 rings (SSSR count). The molecule has 0 aliphatic carbocycles. The van der Waals surface area contributed by atoms with E-state index in [-0.39, 0.29) is 0 Å². The highest BCUT2D eigenvalue weighted by Crippen LogP contribution is 2.18. The van der Waals surface area contributed by atoms with Crippen LogP contribution in [-0.2, 0) is 0 Å². The minimum atomic E-state index is 0.329. The SMILES string of the molecule is CCCC(CNC)N1CCN(C(C)(C)C)CC1. The maximum atomic E-state index is 3.34. The fourth-order valence-electron chi connectivity index (χ4n) is 2.74. The van der Waals surface area contributed by atoms with E-state index < -0.39 is 0 Å². The van der Waals surface area contributed by atoms with Crippen LogP contribution in [0.4, 0.5) is 0 Å². The molecule has 0 aromatic carbocycles. The van der Waals surface area contributed by atoms with E-state index in [1.807, 2.05) is 0 Å². The first-order chi connectivity index (χ1) is 7.99. The maximum absolute atomic E-state index is 3.34. The molecule has 3 heteroatoms. The molecule has 3 nitrogen and oxygen atoms in total. The van der Waals surface area contributed by atoms with Crippen LogP contribution in [0.3, 0.4) is 0 Å². The summed E-state index contributed by atoms with van der Waals surface area (Å²) in [6.45, 7) is 15.3. The van der Waals surface area contributed by atoms with Crippen molar-refractivity contribution in [3.8, 4) is 0 Å². The van der Waals surface area contributed by atoms with Crippen LogP contribution < -0.4 is 5.32 Å². The Bertz CT molecular complexity index is 196. The van der Waals surface area contributed by atoms with Gasteiger partial charge in [-0.1, -0.05) is 13.3 Å². The van der Waals surface area contributed by atoms with E-state index in [2.05, 4.69) is 49.9 Å². The third-order valence-electron chi connectivity index (χ3n) is 3.84. The van der Waals surface area contributed by atoms with Gasteiger partial charge in [-0.3, -0.25) is 9.80 Å². The Hall–Kier alpha value is -0.120. The summed E-state index contributed by atoms with van der Waals surface area (Å²) in [5.74, 6) is 0. The molecule has 1 atom stereocenters. The molecule has 0 saturated carbocycles. The first-order valence-corrected chi connectivity index (χ1v) is 7.12. The number of rotatable bonds is 5. The van der Waals surface area contributed by atoms with Crippen molar-refractivity contribution in [2.75, 3.05) is 39.8 Å². The van der Waals surface area contributed by atoms with E-state index >= 15 is 0 Å². The minimum absolute atomic E-state index is 0.329. The molecule has 0 radical (unpaired) electrons. The van der Waals surface area contributed by atoms with Crippen molar-refractivity contribution in [1.82, 2.24) is 15.1 Å². The highest BCUT2D eigenvalue weighted by atomic mass is 15.3. The van der Waals surface area contributed by atoms with Crippen molar-refractivity contribution < 1.29 is 0 Å². The zero-order valence-corrected chi connectivity index (χ0v) is 12.4. The van der Waals surface area contributed by atoms with E-state index in [0.717, 1.165) is 12.6 Å². The number of nitrogens with one attached hydrogen (secondary N) is 1. The predicted molar refractivity (Wildman–Crippen MR) is 75.5 cm³/mol. The summed E-state index contributed by atoms with van der Waals surface area (Å²) in [4.78, 5) is 5.27. The fraction of sp³-hybridized carbons (Fsp3) is 1.00. The van der Waals surface area contributed by atoms with E-state index in [1.54, 1.807) is 0 Å². The average Bonchev–Trinajstić information content (AvgIpc) is 2.28. The Morgan fingerprint density at radius 1 is 1.12 bits per heavy atom. The smallest absolute Gasteiger partial charge is 0.0221 e. The molecule has 0 bridgehead atoms. The Balaban J connectivity index is 2.43. The molecular weight excluding hydrogens is 210 g/mol. The van der Waals surface area contributed by atoms with Gasteiger partial charge in [-0.25, -0.2) is 0 Å². The van der Waals surface area contributed by atoms with Gasteiger partial charge in [0, 0.05) is 44.3 Å². The monoisotopic (exact) mass is 241 g/mol. The van der Waals surface area contributed by atoms with Crippen molar-refractivity contribution in [3.05, 3.63) is 0 Å². The third-order valence-corrected chi connectivity index (χ3v) is 3.84. The van der Waals surface area contributed by atoms with Crippen LogP contribution in [0.25, 0.3) is 0 Å². The van der Waals surface area contributed by atoms with Gasteiger partial charge in [-0.2, -0.15) is 0 Å². The van der Waals surface area contributed by atoms with Gasteiger partial charge in [0.05, 0.1) is 0 Å². The topological polar surface area (TPSA) is 18.5 Å². The molecule has 1 heterocycles. The highest BCUT2D eigenvalue weighted by molar-refractivity contribution is 4.85. The van der Waals surface area contributed by atoms with Crippen LogP contribution in [0.1, 0.15) is 40.5 Å². The molecule has 0 spiro atoms. The predicted octanol–water partition coefficient (Wildman–Crippen LogP) is 1.79. The molecule has 17 heavy (non-hydrogen) atoms. The molecule has 1 N–H and O–H groups in total. The molecular formula is C14H31N3. The zero-order valence-electron chi connectivity index (χ0n) is 12.4. The quantitative estimate of drug-likeness (QED) is 0.792. The summed E-state index contributed by atoms with van der Waals surface area (Å²) < 4.78 is 0. The van der Waals surface area contributed by atoms with Gasteiger partial charge in [0.15, 0.2) is 0 Å². The van der Waals surface area contributed by atoms with Gasteiger partial charge in [0.1, 0.15) is 0 Å². The van der Waals surface area contributed by atoms with Crippen molar-refractivity contribution in [3.63, 3.8) is 0 Å². The first kappa shape index (κ1) is 14.9. The lowest BCUT2D eigenvalue weighted by Crippen LogP contribution is -2.56. The second-order valence-electron chi connectivity index (χ2n) is 6.19. The van der Waals surface area contributed by atoms with Crippen molar-refractivity contribution in [1.29, 1.82) is 0 Å². The van der Waals surface area contributed by atoms with E-state index in [9.17, 15) is 0 Å². The summed E-state index contributed by atoms with van der Waals surface area (Å²) in [5, 5.41) is 3.34. The number of nitrogens with zero attached hydrogens (tertiary/aromatic N) is 2. The summed E-state index contributed by atoms with van der Waals surface area (Å²) in [5.41, 5.74) is 0.329. The molecule has 0 amide bonds. The molecule has 1 aliphatic rings. The van der Waals surface area contributed by atoms with Gasteiger partial charge in [-0.05, 0) is 34.2 Å². The molecule has 0 aromatic rings. The van der Waals surface area contributed by atoms with Crippen molar-refractivity contribution in [2.24, 2.45) is 0 Å². The summed E-state index contributed by atoms with van der Waals surface area (Å²) in [6.07, 6.45) is 2.60. The number of piperazine rings is 1. The van der Waals surface area contributed by atoms with E-state index in [4.69, 9.17) is 0 Å². The van der Waals surface area contributed by atoms with Crippen molar-refractivity contribution >= 4 is 0 Å². The Labute approximate surface area is 108 Å². The molecule has 102 valence electrons. The lowest BCUT2D eigenvalue weighted by Gasteiger charge is -2.44. The molecule has 0 aromatic heterocycles. The van der Waals surface area contributed by atoms with Gasteiger partial charge < -0.3 is 5.32 Å². The van der Waals surface area contributed by atoms with Crippen LogP contribution in [0.5, 0.6) is 0 Å². The largest absolute Gasteiger partial charge is 0.318 e. The second kappa shape index (κ2) is 6.72. The van der Waals surface area contributed by atoms with Gasteiger partial charge in [0.2, 0.25) is 0 Å². The standard InChI is InChI=1S/C14H31N3/c1-6-7-13(12-15-5)16-8-10-17(11-9-16)14(2,3)4/h13,15H,6-12H2,1-5H3. The minimum Gasteiger partial charge on any atom is -0.318 e. The first-order valence-electron chi connectivity index (χ1n) is 7.12. The summed E-state index contributed by atoms with van der Waals surface area (Å²) in [7, 11) is 2.06.